The van der Waals surface area contributed by atoms with Gasteiger partial charge in [-0.25, -0.2) is 13.1 Å². The van der Waals surface area contributed by atoms with Crippen molar-refractivity contribution in [3.05, 3.63) is 84.9 Å². The van der Waals surface area contributed by atoms with Gasteiger partial charge in [-0.15, -0.1) is 20.5 Å². The summed E-state index contributed by atoms with van der Waals surface area (Å²) < 4.78 is 116. The number of benzene rings is 6. The number of hydrogen-bond donors (Lipinski definition) is 6. The number of nitrogens with one attached hydrogen (secondary N) is 2. The number of rotatable bonds is 14. The molecule has 6 aromatic rings. The van der Waals surface area contributed by atoms with Gasteiger partial charge in [-0.2, -0.15) is 25.3 Å². The minimum atomic E-state index is -4.59. The van der Waals surface area contributed by atoms with Gasteiger partial charge < -0.3 is 29.9 Å². The third-order valence-electron chi connectivity index (χ3n) is 8.62. The van der Waals surface area contributed by atoms with Gasteiger partial charge >= 0.3 is 10.1 Å². The van der Waals surface area contributed by atoms with Crippen molar-refractivity contribution < 1.29 is 101 Å². The second kappa shape index (κ2) is 19.1. The number of fused-ring (bicyclic) bond motifs is 2. The number of phenols is 4. The van der Waals surface area contributed by atoms with Crippen LogP contribution in [0.2, 0.25) is 0 Å². The van der Waals surface area contributed by atoms with E-state index in [1.54, 1.807) is 0 Å². The molecule has 0 unspecified atom stereocenters. The zero-order chi connectivity index (χ0) is 44.7. The van der Waals surface area contributed by atoms with E-state index in [0.717, 1.165) is 62.9 Å². The van der Waals surface area contributed by atoms with E-state index in [1.807, 2.05) is 0 Å². The van der Waals surface area contributed by atoms with Crippen LogP contribution in [-0.4, -0.2) is 81.6 Å². The number of nitrogens with zero attached hydrogens (tertiary/aromatic N) is 4. The number of phenolic OH excluding ortho intramolecular Hbond substituents is 4. The Labute approximate surface area is 380 Å². The molecule has 0 amide bonds. The molecule has 0 fully saturated rings. The minimum Gasteiger partial charge on any atom is -0.506 e. The van der Waals surface area contributed by atoms with Gasteiger partial charge in [0.05, 0.1) is 30.3 Å². The van der Waals surface area contributed by atoms with Crippen LogP contribution in [0.1, 0.15) is 0 Å². The molecule has 21 nitrogen and oxygen atoms in total. The van der Waals surface area contributed by atoms with Gasteiger partial charge in [0.15, 0.2) is 22.9 Å². The fourth-order valence-corrected chi connectivity index (χ4v) is 8.35. The maximum atomic E-state index is 13.1. The number of sulfonamides is 1. The van der Waals surface area contributed by atoms with Crippen molar-refractivity contribution in [3.63, 3.8) is 0 Å². The predicted octanol–water partition coefficient (Wildman–Crippen LogP) is 6.30. The largest absolute Gasteiger partial charge is 0.506 e. The summed E-state index contributed by atoms with van der Waals surface area (Å²) in [6.07, 6.45) is 0.749. The molecule has 0 aliphatic heterocycles. The van der Waals surface area contributed by atoms with Crippen LogP contribution in [0.25, 0.3) is 21.5 Å². The summed E-state index contributed by atoms with van der Waals surface area (Å²) in [4.78, 5) is -1.30. The quantitative estimate of drug-likeness (QED) is 0.0396. The van der Waals surface area contributed by atoms with Crippen LogP contribution in [-0.2, 0) is 82.9 Å². The normalized spacial score (nSPS) is 12.4. The smallest absolute Gasteiger partial charge is 0.306 e. The zero-order valence-electron chi connectivity index (χ0n) is 32.4. The number of aromatic hydroxyl groups is 4. The Kier molecular flexibility index (Phi) is 15.2. The van der Waals surface area contributed by atoms with E-state index in [0.29, 0.717) is 11.4 Å². The van der Waals surface area contributed by atoms with E-state index in [4.69, 9.17) is 8.37 Å². The summed E-state index contributed by atoms with van der Waals surface area (Å²) in [5.41, 5.74) is -1.10. The first-order chi connectivity index (χ1) is 28.6. The molecule has 6 rings (SSSR count). The molecule has 0 bridgehead atoms. The van der Waals surface area contributed by atoms with E-state index in [1.165, 1.54) is 49.5 Å². The first kappa shape index (κ1) is 50.2. The van der Waals surface area contributed by atoms with Gasteiger partial charge in [-0.3, -0.25) is 8.37 Å². The van der Waals surface area contributed by atoms with Gasteiger partial charge in [0.2, 0.25) is 10.0 Å². The summed E-state index contributed by atoms with van der Waals surface area (Å²) in [5.74, 6) is -2.73. The summed E-state index contributed by atoms with van der Waals surface area (Å²) in [7, 11) is -14.0. The van der Waals surface area contributed by atoms with Crippen LogP contribution in [0.3, 0.4) is 0 Å². The topological polar surface area (TPSA) is 319 Å². The molecule has 2 radical (unpaired) electrons. The average molecular weight is 1040 g/mol. The van der Waals surface area contributed by atoms with E-state index in [-0.39, 0.29) is 66.3 Å². The molecule has 27 heteroatoms. The second-order valence-corrected chi connectivity index (χ2v) is 19.4. The Morgan fingerprint density at radius 1 is 0.556 bits per heavy atom. The van der Waals surface area contributed by atoms with Crippen molar-refractivity contribution in [3.8, 4) is 28.7 Å². The minimum absolute atomic E-state index is 0. The maximum Gasteiger partial charge on any atom is 0.306 e. The van der Waals surface area contributed by atoms with Crippen LogP contribution in [0.5, 0.6) is 28.7 Å². The van der Waals surface area contributed by atoms with Gasteiger partial charge in [-0.05, 0) is 103 Å². The molecule has 6 N–H and O–H groups in total. The molecule has 0 aliphatic carbocycles. The average Bonchev–Trinajstić information content (AvgIpc) is 3.20. The molecule has 0 saturated heterocycles. The molecule has 0 saturated carbocycles. The molecule has 6 aromatic carbocycles. The van der Waals surface area contributed by atoms with Crippen LogP contribution >= 0.6 is 0 Å². The third-order valence-corrected chi connectivity index (χ3v) is 13.1. The molecule has 63 heavy (non-hydrogen) atoms. The summed E-state index contributed by atoms with van der Waals surface area (Å²) in [6.45, 7) is 0. The van der Waals surface area contributed by atoms with Crippen molar-refractivity contribution in [2.75, 3.05) is 32.8 Å². The van der Waals surface area contributed by atoms with Crippen molar-refractivity contribution in [2.45, 2.75) is 14.7 Å². The van der Waals surface area contributed by atoms with Crippen LogP contribution in [0, 0.1) is 0 Å². The van der Waals surface area contributed by atoms with E-state index >= 15 is 0 Å². The van der Waals surface area contributed by atoms with E-state index < -0.39 is 96.0 Å². The fourth-order valence-electron chi connectivity index (χ4n) is 5.64. The Morgan fingerprint density at radius 3 is 1.54 bits per heavy atom. The van der Waals surface area contributed by atoms with Crippen molar-refractivity contribution >= 4 is 96.0 Å². The second-order valence-electron chi connectivity index (χ2n) is 12.6. The van der Waals surface area contributed by atoms with Crippen LogP contribution < -0.4 is 14.2 Å². The summed E-state index contributed by atoms with van der Waals surface area (Å²) in [5, 5.41) is 62.2. The standard InChI is InChI=1S/C36H32N6O15S4.2Cu/c1-37-59(49,50)23-7-11-29(43)27(17-23)39-41-33-31(57-58(4,47)48)15-19-13-21(5-9-25(19)35(33)45)38-22-6-10-26-20(14-22)16-32(61(53,54)56-3)34(36(26)46)42-40-28-18-24(8-12-30(28)44)60(51,52)55-2;;/h5-18,37-38,43-46H,1-4H3;;. The fraction of sp³-hybridized carbons (Fsp3) is 0.111. The molecule has 0 spiro atoms. The van der Waals surface area contributed by atoms with E-state index in [2.05, 4.69) is 34.7 Å². The Balaban J connectivity index is 0.00000436. The molecule has 0 heterocycles. The molecular formula is C36H32Cu2N6O15S4. The van der Waals surface area contributed by atoms with Crippen LogP contribution in [0.4, 0.5) is 34.1 Å². The summed E-state index contributed by atoms with van der Waals surface area (Å²) >= 11 is 0. The predicted molar refractivity (Wildman–Crippen MR) is 219 cm³/mol. The first-order valence-electron chi connectivity index (χ1n) is 16.9. The molecule has 342 valence electrons. The van der Waals surface area contributed by atoms with Gasteiger partial charge in [0, 0.05) is 56.3 Å². The summed E-state index contributed by atoms with van der Waals surface area (Å²) in [6, 6.07) is 17.4. The number of azo groups is 2. The molecule has 0 aromatic heterocycles. The monoisotopic (exact) mass is 1040 g/mol. The number of hydrogen-bond acceptors (Lipinski definition) is 20. The molecule has 0 atom stereocenters. The first-order valence-corrected chi connectivity index (χ1v) is 23.0. The maximum absolute atomic E-state index is 13.1. The third kappa shape index (κ3) is 10.9. The van der Waals surface area contributed by atoms with Crippen LogP contribution in [0.15, 0.2) is 120 Å². The van der Waals surface area contributed by atoms with Gasteiger partial charge in [0.1, 0.15) is 33.5 Å². The van der Waals surface area contributed by atoms with Crippen molar-refractivity contribution in [1.82, 2.24) is 4.72 Å². The Hall–Kier alpha value is -5.44. The van der Waals surface area contributed by atoms with Gasteiger partial charge in [-0.1, -0.05) is 0 Å². The van der Waals surface area contributed by atoms with E-state index in [9.17, 15) is 54.1 Å². The Bertz CT molecular complexity index is 3300. The molecule has 0 aliphatic rings. The Morgan fingerprint density at radius 2 is 1.03 bits per heavy atom. The van der Waals surface area contributed by atoms with Crippen molar-refractivity contribution in [2.24, 2.45) is 20.5 Å². The van der Waals surface area contributed by atoms with Gasteiger partial charge in [0.25, 0.3) is 20.2 Å². The number of anilines is 2. The SMILES string of the molecule is CNS(=O)(=O)c1ccc(O)c(N=Nc2c(OS(C)(=O)=O)cc3cc(Nc4ccc5c(O)c(N=Nc6cc(S(=O)(=O)OC)ccc6O)c(S(=O)(=O)OC)cc5c4)ccc3c2O)c1.[Cu].[Cu]. The van der Waals surface area contributed by atoms with Crippen molar-refractivity contribution in [1.29, 1.82) is 0 Å². The zero-order valence-corrected chi connectivity index (χ0v) is 37.5. The molecular weight excluding hydrogens is 1010 g/mol.